The number of morpholine rings is 1. The molecule has 2 aliphatic heterocycles. The van der Waals surface area contributed by atoms with Crippen LogP contribution in [0.4, 0.5) is 11.8 Å². The molecule has 0 saturated carbocycles. The molecule has 30 heavy (non-hydrogen) atoms. The number of ether oxygens (including phenoxy) is 2. The van der Waals surface area contributed by atoms with E-state index >= 15 is 0 Å². The number of benzene rings is 1. The molecule has 2 fully saturated rings. The predicted molar refractivity (Wildman–Crippen MR) is 115 cm³/mol. The Morgan fingerprint density at radius 1 is 1.07 bits per heavy atom. The van der Waals surface area contributed by atoms with Gasteiger partial charge in [-0.25, -0.2) is 4.98 Å². The summed E-state index contributed by atoms with van der Waals surface area (Å²) in [6.45, 7) is 7.99. The smallest absolute Gasteiger partial charge is 0.227 e. The molecule has 160 valence electrons. The van der Waals surface area contributed by atoms with Gasteiger partial charge < -0.3 is 24.2 Å². The van der Waals surface area contributed by atoms with Gasteiger partial charge in [-0.2, -0.15) is 4.98 Å². The minimum Gasteiger partial charge on any atom is -0.496 e. The van der Waals surface area contributed by atoms with Gasteiger partial charge >= 0.3 is 0 Å². The van der Waals surface area contributed by atoms with Gasteiger partial charge in [-0.1, -0.05) is 12.1 Å². The second-order valence-electron chi connectivity index (χ2n) is 7.66. The summed E-state index contributed by atoms with van der Waals surface area (Å²) in [5, 5.41) is 0. The number of rotatable bonds is 5. The maximum absolute atomic E-state index is 12.8. The van der Waals surface area contributed by atoms with Crippen LogP contribution in [0, 0.1) is 6.92 Å². The van der Waals surface area contributed by atoms with Gasteiger partial charge in [-0.05, 0) is 30.2 Å². The van der Waals surface area contributed by atoms with Crippen LogP contribution in [-0.4, -0.2) is 80.4 Å². The molecule has 0 atom stereocenters. The first kappa shape index (κ1) is 20.4. The van der Waals surface area contributed by atoms with E-state index in [0.717, 1.165) is 54.8 Å². The molecule has 8 nitrogen and oxygen atoms in total. The molecule has 1 aromatic carbocycles. The monoisotopic (exact) mass is 411 g/mol. The van der Waals surface area contributed by atoms with Crippen LogP contribution in [0.2, 0.25) is 0 Å². The maximum atomic E-state index is 12.8. The zero-order chi connectivity index (χ0) is 20.9. The number of hydrogen-bond acceptors (Lipinski definition) is 7. The van der Waals surface area contributed by atoms with Crippen molar-refractivity contribution in [2.75, 3.05) is 69.4 Å². The minimum atomic E-state index is 0.163. The van der Waals surface area contributed by atoms with E-state index in [1.807, 2.05) is 42.3 Å². The highest BCUT2D eigenvalue weighted by molar-refractivity contribution is 5.79. The second kappa shape index (κ2) is 9.30. The van der Waals surface area contributed by atoms with Crippen molar-refractivity contribution in [2.45, 2.75) is 13.3 Å². The van der Waals surface area contributed by atoms with E-state index in [4.69, 9.17) is 14.5 Å². The first-order valence-corrected chi connectivity index (χ1v) is 10.5. The maximum Gasteiger partial charge on any atom is 0.227 e. The number of anilines is 2. The van der Waals surface area contributed by atoms with Gasteiger partial charge in [-0.3, -0.25) is 4.79 Å². The molecule has 0 radical (unpaired) electrons. The lowest BCUT2D eigenvalue weighted by Crippen LogP contribution is -2.49. The molecule has 0 spiro atoms. The number of methoxy groups -OCH3 is 1. The Kier molecular flexibility index (Phi) is 6.32. The summed E-state index contributed by atoms with van der Waals surface area (Å²) in [6, 6.07) is 7.87. The average Bonchev–Trinajstić information content (AvgIpc) is 2.80. The van der Waals surface area contributed by atoms with Crippen molar-refractivity contribution in [3.8, 4) is 5.75 Å². The third-order valence-electron chi connectivity index (χ3n) is 5.69. The van der Waals surface area contributed by atoms with Crippen molar-refractivity contribution in [1.82, 2.24) is 14.9 Å². The fraction of sp³-hybridized carbons (Fsp3) is 0.500. The number of aryl methyl sites for hydroxylation is 1. The predicted octanol–water partition coefficient (Wildman–Crippen LogP) is 1.52. The molecule has 8 heteroatoms. The number of carbonyl (C=O) groups excluding carboxylic acids is 1. The lowest BCUT2D eigenvalue weighted by molar-refractivity contribution is -0.130. The highest BCUT2D eigenvalue weighted by Crippen LogP contribution is 2.20. The van der Waals surface area contributed by atoms with Crippen LogP contribution in [0.25, 0.3) is 0 Å². The Hall–Kier alpha value is -2.87. The third kappa shape index (κ3) is 4.64. The van der Waals surface area contributed by atoms with Gasteiger partial charge in [0.25, 0.3) is 0 Å². The summed E-state index contributed by atoms with van der Waals surface area (Å²) < 4.78 is 10.7. The molecule has 0 bridgehead atoms. The quantitative estimate of drug-likeness (QED) is 0.739. The van der Waals surface area contributed by atoms with E-state index in [-0.39, 0.29) is 5.91 Å². The normalized spacial score (nSPS) is 17.2. The second-order valence-corrected chi connectivity index (χ2v) is 7.66. The Bertz CT molecular complexity index is 877. The van der Waals surface area contributed by atoms with Crippen LogP contribution >= 0.6 is 0 Å². The lowest BCUT2D eigenvalue weighted by atomic mass is 10.1. The van der Waals surface area contributed by atoms with E-state index in [0.29, 0.717) is 32.7 Å². The topological polar surface area (TPSA) is 71.0 Å². The van der Waals surface area contributed by atoms with Crippen molar-refractivity contribution in [3.63, 3.8) is 0 Å². The Morgan fingerprint density at radius 2 is 1.83 bits per heavy atom. The summed E-state index contributed by atoms with van der Waals surface area (Å²) in [4.78, 5) is 28.3. The molecule has 1 amide bonds. The number of amides is 1. The number of hydrogen-bond donors (Lipinski definition) is 0. The van der Waals surface area contributed by atoms with Gasteiger partial charge in [0.1, 0.15) is 11.6 Å². The highest BCUT2D eigenvalue weighted by Gasteiger charge is 2.23. The third-order valence-corrected chi connectivity index (χ3v) is 5.69. The van der Waals surface area contributed by atoms with Crippen LogP contribution in [0.5, 0.6) is 5.75 Å². The first-order chi connectivity index (χ1) is 14.6. The van der Waals surface area contributed by atoms with Crippen LogP contribution < -0.4 is 14.5 Å². The molecule has 2 aromatic rings. The van der Waals surface area contributed by atoms with Crippen molar-refractivity contribution in [1.29, 1.82) is 0 Å². The van der Waals surface area contributed by atoms with Gasteiger partial charge in [0.05, 0.1) is 26.7 Å². The lowest BCUT2D eigenvalue weighted by Gasteiger charge is -2.36. The number of aromatic nitrogens is 2. The van der Waals surface area contributed by atoms with Crippen molar-refractivity contribution < 1.29 is 14.3 Å². The molecule has 3 heterocycles. The molecular formula is C22H29N5O3. The molecule has 4 rings (SSSR count). The van der Waals surface area contributed by atoms with E-state index < -0.39 is 0 Å². The molecule has 2 aliphatic rings. The summed E-state index contributed by atoms with van der Waals surface area (Å²) in [5.41, 5.74) is 2.07. The van der Waals surface area contributed by atoms with Gasteiger partial charge in [-0.15, -0.1) is 0 Å². The number of nitrogens with zero attached hydrogens (tertiary/aromatic N) is 5. The Morgan fingerprint density at radius 3 is 2.53 bits per heavy atom. The Balaban J connectivity index is 1.33. The standard InChI is InChI=1S/C22H29N5O3/c1-17-15-18(3-4-19(17)29-2)16-21(28)26-9-7-25(8-10-26)20-5-6-23-22(24-20)27-11-13-30-14-12-27/h3-6,15H,7-14,16H2,1-2H3. The number of piperazine rings is 1. The fourth-order valence-electron chi connectivity index (χ4n) is 3.95. The van der Waals surface area contributed by atoms with Crippen LogP contribution in [0.15, 0.2) is 30.5 Å². The summed E-state index contributed by atoms with van der Waals surface area (Å²) in [5.74, 6) is 2.69. The molecular weight excluding hydrogens is 382 g/mol. The Labute approximate surface area is 177 Å². The molecule has 0 aliphatic carbocycles. The SMILES string of the molecule is COc1ccc(CC(=O)N2CCN(c3ccnc(N4CCOCC4)n3)CC2)cc1C. The van der Waals surface area contributed by atoms with Crippen molar-refractivity contribution in [3.05, 3.63) is 41.6 Å². The zero-order valence-corrected chi connectivity index (χ0v) is 17.7. The first-order valence-electron chi connectivity index (χ1n) is 10.5. The van der Waals surface area contributed by atoms with Crippen LogP contribution in [0.1, 0.15) is 11.1 Å². The van der Waals surface area contributed by atoms with Crippen molar-refractivity contribution >= 4 is 17.7 Å². The summed E-state index contributed by atoms with van der Waals surface area (Å²) in [7, 11) is 1.66. The van der Waals surface area contributed by atoms with Crippen molar-refractivity contribution in [2.24, 2.45) is 0 Å². The van der Waals surface area contributed by atoms with Crippen LogP contribution in [0.3, 0.4) is 0 Å². The van der Waals surface area contributed by atoms with Crippen LogP contribution in [-0.2, 0) is 16.0 Å². The van der Waals surface area contributed by atoms with E-state index in [9.17, 15) is 4.79 Å². The number of carbonyl (C=O) groups is 1. The summed E-state index contributed by atoms with van der Waals surface area (Å²) >= 11 is 0. The van der Waals surface area contributed by atoms with Gasteiger partial charge in [0, 0.05) is 45.5 Å². The zero-order valence-electron chi connectivity index (χ0n) is 17.7. The summed E-state index contributed by atoms with van der Waals surface area (Å²) in [6.07, 6.45) is 2.23. The van der Waals surface area contributed by atoms with E-state index in [1.165, 1.54) is 0 Å². The molecule has 0 unspecified atom stereocenters. The van der Waals surface area contributed by atoms with E-state index in [1.54, 1.807) is 7.11 Å². The van der Waals surface area contributed by atoms with Gasteiger partial charge in [0.15, 0.2) is 0 Å². The molecule has 1 aromatic heterocycles. The largest absolute Gasteiger partial charge is 0.496 e. The average molecular weight is 412 g/mol. The minimum absolute atomic E-state index is 0.163. The molecule has 2 saturated heterocycles. The highest BCUT2D eigenvalue weighted by atomic mass is 16.5. The molecule has 0 N–H and O–H groups in total. The fourth-order valence-corrected chi connectivity index (χ4v) is 3.95. The van der Waals surface area contributed by atoms with Gasteiger partial charge in [0.2, 0.25) is 11.9 Å². The van der Waals surface area contributed by atoms with E-state index in [2.05, 4.69) is 14.8 Å².